The Morgan fingerprint density at radius 2 is 1.77 bits per heavy atom. The van der Waals surface area contributed by atoms with E-state index in [-0.39, 0.29) is 11.8 Å². The van der Waals surface area contributed by atoms with E-state index in [9.17, 15) is 9.59 Å². The minimum atomic E-state index is -0.0482. The highest BCUT2D eigenvalue weighted by Gasteiger charge is 2.23. The summed E-state index contributed by atoms with van der Waals surface area (Å²) in [6.07, 6.45) is 1.56. The molecule has 0 unspecified atom stereocenters. The van der Waals surface area contributed by atoms with Crippen molar-refractivity contribution >= 4 is 11.8 Å². The van der Waals surface area contributed by atoms with Gasteiger partial charge in [-0.25, -0.2) is 4.98 Å². The maximum Gasteiger partial charge on any atom is 0.255 e. The number of rotatable bonds is 7. The molecule has 1 fully saturated rings. The molecule has 30 heavy (non-hydrogen) atoms. The summed E-state index contributed by atoms with van der Waals surface area (Å²) in [5, 5.41) is 2.80. The van der Waals surface area contributed by atoms with Gasteiger partial charge in [0.25, 0.3) is 5.91 Å². The van der Waals surface area contributed by atoms with E-state index in [4.69, 9.17) is 4.74 Å². The molecule has 1 aliphatic heterocycles. The molecule has 1 saturated heterocycles. The van der Waals surface area contributed by atoms with Crippen LogP contribution in [0.5, 0.6) is 11.6 Å². The molecule has 2 heterocycles. The van der Waals surface area contributed by atoms with Gasteiger partial charge in [0.1, 0.15) is 5.75 Å². The number of carbonyl (C=O) groups excluding carboxylic acids is 2. The molecule has 0 radical (unpaired) electrons. The van der Waals surface area contributed by atoms with Gasteiger partial charge in [-0.05, 0) is 36.6 Å². The van der Waals surface area contributed by atoms with E-state index in [0.717, 1.165) is 0 Å². The molecular formula is C23H30N4O3. The summed E-state index contributed by atoms with van der Waals surface area (Å²) in [6, 6.07) is 11.4. The van der Waals surface area contributed by atoms with Crippen LogP contribution in [0.25, 0.3) is 0 Å². The molecule has 0 atom stereocenters. The standard InChI is InChI=1S/C23H30N4O3/c1-4-24-21(28)16-26-11-13-27(14-12-26)23(29)19-7-10-22(25-15-19)30-20-8-5-18(6-9-20)17(2)3/h5-10,15,17H,4,11-14,16H2,1-3H3,(H,24,28). The summed E-state index contributed by atoms with van der Waals surface area (Å²) in [5.74, 6) is 1.62. The largest absolute Gasteiger partial charge is 0.439 e. The first-order chi connectivity index (χ1) is 14.5. The number of piperazine rings is 1. The Hall–Kier alpha value is -2.93. The third-order valence-electron chi connectivity index (χ3n) is 5.15. The molecule has 7 nitrogen and oxygen atoms in total. The van der Waals surface area contributed by atoms with Crippen LogP contribution in [-0.2, 0) is 4.79 Å². The van der Waals surface area contributed by atoms with E-state index in [2.05, 4.69) is 29.0 Å². The van der Waals surface area contributed by atoms with Crippen LogP contribution in [-0.4, -0.2) is 65.9 Å². The number of hydrogen-bond acceptors (Lipinski definition) is 5. The lowest BCUT2D eigenvalue weighted by atomic mass is 10.0. The zero-order valence-electron chi connectivity index (χ0n) is 17.9. The number of nitrogens with zero attached hydrogens (tertiary/aromatic N) is 3. The van der Waals surface area contributed by atoms with Gasteiger partial charge in [-0.1, -0.05) is 26.0 Å². The molecule has 3 rings (SSSR count). The number of hydrogen-bond donors (Lipinski definition) is 1. The number of ether oxygens (including phenoxy) is 1. The van der Waals surface area contributed by atoms with E-state index >= 15 is 0 Å². The Balaban J connectivity index is 1.52. The molecular weight excluding hydrogens is 380 g/mol. The van der Waals surface area contributed by atoms with Gasteiger partial charge in [0.15, 0.2) is 0 Å². The van der Waals surface area contributed by atoms with Crippen LogP contribution in [0.15, 0.2) is 42.6 Å². The van der Waals surface area contributed by atoms with Gasteiger partial charge in [-0.15, -0.1) is 0 Å². The van der Waals surface area contributed by atoms with Crippen molar-refractivity contribution in [2.24, 2.45) is 0 Å². The summed E-state index contributed by atoms with van der Waals surface area (Å²) < 4.78 is 5.78. The fourth-order valence-corrected chi connectivity index (χ4v) is 3.36. The zero-order valence-corrected chi connectivity index (χ0v) is 17.9. The van der Waals surface area contributed by atoms with E-state index in [1.807, 2.05) is 31.2 Å². The Labute approximate surface area is 178 Å². The van der Waals surface area contributed by atoms with Crippen molar-refractivity contribution in [3.63, 3.8) is 0 Å². The molecule has 0 saturated carbocycles. The Morgan fingerprint density at radius 1 is 1.07 bits per heavy atom. The van der Waals surface area contributed by atoms with Gasteiger partial charge < -0.3 is 15.0 Å². The summed E-state index contributed by atoms with van der Waals surface area (Å²) in [6.45, 7) is 9.77. The molecule has 1 aromatic heterocycles. The van der Waals surface area contributed by atoms with Crippen molar-refractivity contribution in [2.75, 3.05) is 39.3 Å². The quantitative estimate of drug-likeness (QED) is 0.760. The molecule has 1 aromatic carbocycles. The van der Waals surface area contributed by atoms with E-state index < -0.39 is 0 Å². The predicted octanol–water partition coefficient (Wildman–Crippen LogP) is 2.89. The van der Waals surface area contributed by atoms with Crippen molar-refractivity contribution in [1.82, 2.24) is 20.1 Å². The summed E-state index contributed by atoms with van der Waals surface area (Å²) >= 11 is 0. The van der Waals surface area contributed by atoms with Gasteiger partial charge in [0.05, 0.1) is 12.1 Å². The van der Waals surface area contributed by atoms with Crippen molar-refractivity contribution in [1.29, 1.82) is 0 Å². The molecule has 1 aliphatic rings. The Kier molecular flexibility index (Phi) is 7.41. The highest BCUT2D eigenvalue weighted by atomic mass is 16.5. The molecule has 2 aromatic rings. The maximum atomic E-state index is 12.7. The van der Waals surface area contributed by atoms with Crippen molar-refractivity contribution in [3.05, 3.63) is 53.7 Å². The number of likely N-dealkylation sites (N-methyl/N-ethyl adjacent to an activating group) is 1. The Bertz CT molecular complexity index is 842. The van der Waals surface area contributed by atoms with Crippen molar-refractivity contribution < 1.29 is 14.3 Å². The molecule has 7 heteroatoms. The normalized spacial score (nSPS) is 14.6. The van der Waals surface area contributed by atoms with Crippen LogP contribution >= 0.6 is 0 Å². The molecule has 160 valence electrons. The number of pyridine rings is 1. The van der Waals surface area contributed by atoms with Crippen LogP contribution in [0.2, 0.25) is 0 Å². The van der Waals surface area contributed by atoms with E-state index in [1.54, 1.807) is 23.2 Å². The van der Waals surface area contributed by atoms with Crippen LogP contribution in [0.3, 0.4) is 0 Å². The number of nitrogens with one attached hydrogen (secondary N) is 1. The Morgan fingerprint density at radius 3 is 2.33 bits per heavy atom. The van der Waals surface area contributed by atoms with E-state index in [1.165, 1.54) is 5.56 Å². The molecule has 1 N–H and O–H groups in total. The fourth-order valence-electron chi connectivity index (χ4n) is 3.36. The lowest BCUT2D eigenvalue weighted by Crippen LogP contribution is -2.51. The average Bonchev–Trinajstić information content (AvgIpc) is 2.75. The minimum absolute atomic E-state index is 0.0240. The lowest BCUT2D eigenvalue weighted by molar-refractivity contribution is -0.122. The summed E-state index contributed by atoms with van der Waals surface area (Å²) in [7, 11) is 0. The molecule has 0 spiro atoms. The average molecular weight is 411 g/mol. The smallest absolute Gasteiger partial charge is 0.255 e. The number of carbonyl (C=O) groups is 2. The highest BCUT2D eigenvalue weighted by Crippen LogP contribution is 2.23. The number of aromatic nitrogens is 1. The summed E-state index contributed by atoms with van der Waals surface area (Å²) in [5.41, 5.74) is 1.79. The zero-order chi connectivity index (χ0) is 21.5. The molecule has 0 bridgehead atoms. The van der Waals surface area contributed by atoms with Crippen molar-refractivity contribution in [3.8, 4) is 11.6 Å². The fraction of sp³-hybridized carbons (Fsp3) is 0.435. The maximum absolute atomic E-state index is 12.7. The SMILES string of the molecule is CCNC(=O)CN1CCN(C(=O)c2ccc(Oc3ccc(C(C)C)cc3)nc2)CC1. The minimum Gasteiger partial charge on any atom is -0.439 e. The van der Waals surface area contributed by atoms with Crippen LogP contribution in [0.4, 0.5) is 0 Å². The molecule has 0 aliphatic carbocycles. The van der Waals surface area contributed by atoms with Gasteiger partial charge in [-0.2, -0.15) is 0 Å². The van der Waals surface area contributed by atoms with Gasteiger partial charge in [0, 0.05) is 45.0 Å². The number of benzene rings is 1. The van der Waals surface area contributed by atoms with Crippen LogP contribution in [0, 0.1) is 0 Å². The van der Waals surface area contributed by atoms with Gasteiger partial charge in [-0.3, -0.25) is 14.5 Å². The van der Waals surface area contributed by atoms with E-state index in [0.29, 0.717) is 62.4 Å². The second-order valence-electron chi connectivity index (χ2n) is 7.73. The first-order valence-corrected chi connectivity index (χ1v) is 10.5. The first kappa shape index (κ1) is 21.8. The monoisotopic (exact) mass is 410 g/mol. The van der Waals surface area contributed by atoms with Gasteiger partial charge in [0.2, 0.25) is 11.8 Å². The molecule has 2 amide bonds. The lowest BCUT2D eigenvalue weighted by Gasteiger charge is -2.34. The second-order valence-corrected chi connectivity index (χ2v) is 7.73. The van der Waals surface area contributed by atoms with Crippen LogP contribution in [0.1, 0.15) is 42.6 Å². The summed E-state index contributed by atoms with van der Waals surface area (Å²) in [4.78, 5) is 32.6. The third-order valence-corrected chi connectivity index (χ3v) is 5.15. The topological polar surface area (TPSA) is 74.8 Å². The highest BCUT2D eigenvalue weighted by molar-refractivity contribution is 5.94. The number of amides is 2. The van der Waals surface area contributed by atoms with Crippen molar-refractivity contribution in [2.45, 2.75) is 26.7 Å². The van der Waals surface area contributed by atoms with Gasteiger partial charge >= 0.3 is 0 Å². The van der Waals surface area contributed by atoms with Crippen LogP contribution < -0.4 is 10.1 Å². The second kappa shape index (κ2) is 10.2. The predicted molar refractivity (Wildman–Crippen MR) is 116 cm³/mol. The third kappa shape index (κ3) is 5.79. The first-order valence-electron chi connectivity index (χ1n) is 10.5.